The van der Waals surface area contributed by atoms with Crippen molar-refractivity contribution in [2.24, 2.45) is 0 Å². The smallest absolute Gasteiger partial charge is 0.146 e. The molecule has 2 aromatic heterocycles. The van der Waals surface area contributed by atoms with Crippen molar-refractivity contribution in [1.29, 1.82) is 0 Å². The zero-order valence-corrected chi connectivity index (χ0v) is 11.5. The molecule has 20 heavy (non-hydrogen) atoms. The number of rotatable bonds is 2. The molecule has 0 aliphatic rings. The average Bonchev–Trinajstić information content (AvgIpc) is 2.81. The van der Waals surface area contributed by atoms with Crippen molar-refractivity contribution in [2.75, 3.05) is 11.5 Å². The van der Waals surface area contributed by atoms with Gasteiger partial charge in [0.05, 0.1) is 5.39 Å². The largest absolute Gasteiger partial charge is 0.399 e. The van der Waals surface area contributed by atoms with Gasteiger partial charge in [0.25, 0.3) is 0 Å². The minimum Gasteiger partial charge on any atom is -0.399 e. The maximum absolute atomic E-state index is 6.05. The molecule has 0 radical (unpaired) electrons. The summed E-state index contributed by atoms with van der Waals surface area (Å²) in [6.45, 7) is 4.23. The van der Waals surface area contributed by atoms with Crippen LogP contribution < -0.4 is 11.5 Å². The Balaban J connectivity index is 2.33. The Morgan fingerprint density at radius 2 is 1.75 bits per heavy atom. The second kappa shape index (κ2) is 4.52. The first-order valence-electron chi connectivity index (χ1n) is 6.55. The highest BCUT2D eigenvalue weighted by molar-refractivity contribution is 6.00. The predicted octanol–water partition coefficient (Wildman–Crippen LogP) is 2.84. The zero-order valence-electron chi connectivity index (χ0n) is 11.5. The predicted molar refractivity (Wildman–Crippen MR) is 82.2 cm³/mol. The Bertz CT molecular complexity index is 756. The van der Waals surface area contributed by atoms with Gasteiger partial charge >= 0.3 is 0 Å². The number of hydrogen-bond acceptors (Lipinski definition) is 4. The fraction of sp³-hybridized carbons (Fsp3) is 0.200. The zero-order chi connectivity index (χ0) is 14.3. The summed E-state index contributed by atoms with van der Waals surface area (Å²) in [5.74, 6) is 0.501. The first-order chi connectivity index (χ1) is 9.58. The van der Waals surface area contributed by atoms with Crippen LogP contribution in [0.3, 0.4) is 0 Å². The van der Waals surface area contributed by atoms with Crippen molar-refractivity contribution in [1.82, 2.24) is 14.5 Å². The molecule has 1 aromatic carbocycles. The summed E-state index contributed by atoms with van der Waals surface area (Å²) in [6, 6.07) is 8.04. The number of benzene rings is 1. The first-order valence-corrected chi connectivity index (χ1v) is 6.55. The summed E-state index contributed by atoms with van der Waals surface area (Å²) in [4.78, 5) is 8.49. The van der Waals surface area contributed by atoms with Gasteiger partial charge in [-0.2, -0.15) is 0 Å². The Morgan fingerprint density at radius 3 is 2.40 bits per heavy atom. The number of anilines is 2. The molecule has 102 valence electrons. The summed E-state index contributed by atoms with van der Waals surface area (Å²) in [7, 11) is 0. The summed E-state index contributed by atoms with van der Waals surface area (Å²) < 4.78 is 2.11. The molecule has 0 unspecified atom stereocenters. The van der Waals surface area contributed by atoms with Crippen LogP contribution in [0.5, 0.6) is 0 Å². The van der Waals surface area contributed by atoms with Crippen molar-refractivity contribution in [3.8, 4) is 11.1 Å². The minimum atomic E-state index is 0.300. The monoisotopic (exact) mass is 267 g/mol. The fourth-order valence-electron chi connectivity index (χ4n) is 2.38. The number of fused-ring (bicyclic) bond motifs is 1. The van der Waals surface area contributed by atoms with Crippen molar-refractivity contribution in [2.45, 2.75) is 19.9 Å². The molecule has 0 fully saturated rings. The molecule has 0 spiro atoms. The highest BCUT2D eigenvalue weighted by Gasteiger charge is 2.16. The van der Waals surface area contributed by atoms with Crippen LogP contribution in [0, 0.1) is 0 Å². The van der Waals surface area contributed by atoms with E-state index >= 15 is 0 Å². The molecule has 0 amide bonds. The van der Waals surface area contributed by atoms with Crippen molar-refractivity contribution < 1.29 is 0 Å². The molecule has 2 heterocycles. The number of hydrogen-bond donors (Lipinski definition) is 2. The topological polar surface area (TPSA) is 82.8 Å². The van der Waals surface area contributed by atoms with Crippen molar-refractivity contribution in [3.63, 3.8) is 0 Å². The Labute approximate surface area is 117 Å². The summed E-state index contributed by atoms with van der Waals surface area (Å²) >= 11 is 0. The summed E-state index contributed by atoms with van der Waals surface area (Å²) in [5.41, 5.74) is 15.5. The molecule has 3 aromatic rings. The molecule has 0 aliphatic carbocycles. The maximum atomic E-state index is 6.05. The SMILES string of the molecule is CC(C)n1cc(-c2ccc(N)cc2)c2c(N)ncnc21. The second-order valence-corrected chi connectivity index (χ2v) is 5.12. The molecule has 4 N–H and O–H groups in total. The number of nitrogens with two attached hydrogens (primary N) is 2. The lowest BCUT2D eigenvalue weighted by Crippen LogP contribution is -2.00. The standard InChI is InChI=1S/C15H17N5/c1-9(2)20-7-12(10-3-5-11(16)6-4-10)13-14(17)18-8-19-15(13)20/h3-9H,16H2,1-2H3,(H2,17,18,19). The average molecular weight is 267 g/mol. The molecule has 0 bridgehead atoms. The Morgan fingerprint density at radius 1 is 1.05 bits per heavy atom. The first kappa shape index (κ1) is 12.5. The molecular weight excluding hydrogens is 250 g/mol. The minimum absolute atomic E-state index is 0.300. The molecule has 0 saturated heterocycles. The third kappa shape index (κ3) is 1.87. The van der Waals surface area contributed by atoms with Gasteiger partial charge in [-0.1, -0.05) is 12.1 Å². The van der Waals surface area contributed by atoms with Gasteiger partial charge in [-0.25, -0.2) is 9.97 Å². The highest BCUT2D eigenvalue weighted by Crippen LogP contribution is 2.34. The van der Waals surface area contributed by atoms with E-state index < -0.39 is 0 Å². The normalized spacial score (nSPS) is 11.3. The van der Waals surface area contributed by atoms with E-state index in [0.29, 0.717) is 11.9 Å². The third-order valence-corrected chi connectivity index (χ3v) is 3.42. The highest BCUT2D eigenvalue weighted by atomic mass is 15.1. The quantitative estimate of drug-likeness (QED) is 0.699. The third-order valence-electron chi connectivity index (χ3n) is 3.42. The van der Waals surface area contributed by atoms with E-state index in [-0.39, 0.29) is 0 Å². The van der Waals surface area contributed by atoms with E-state index in [0.717, 1.165) is 27.8 Å². The van der Waals surface area contributed by atoms with Gasteiger partial charge < -0.3 is 16.0 Å². The summed E-state index contributed by atoms with van der Waals surface area (Å²) in [6.07, 6.45) is 3.58. The van der Waals surface area contributed by atoms with Crippen LogP contribution in [0.15, 0.2) is 36.8 Å². The Kier molecular flexibility index (Phi) is 2.82. The van der Waals surface area contributed by atoms with E-state index in [9.17, 15) is 0 Å². The van der Waals surface area contributed by atoms with Gasteiger partial charge in [0.2, 0.25) is 0 Å². The lowest BCUT2D eigenvalue weighted by atomic mass is 10.1. The maximum Gasteiger partial charge on any atom is 0.146 e. The number of nitrogen functional groups attached to an aromatic ring is 2. The fourth-order valence-corrected chi connectivity index (χ4v) is 2.38. The van der Waals surface area contributed by atoms with Crippen LogP contribution in [0.25, 0.3) is 22.2 Å². The molecule has 0 saturated carbocycles. The molecule has 5 nitrogen and oxygen atoms in total. The van der Waals surface area contributed by atoms with E-state index in [4.69, 9.17) is 11.5 Å². The van der Waals surface area contributed by atoms with Crippen LogP contribution in [0.2, 0.25) is 0 Å². The van der Waals surface area contributed by atoms with E-state index in [1.165, 1.54) is 6.33 Å². The summed E-state index contributed by atoms with van der Waals surface area (Å²) in [5, 5.41) is 0.894. The van der Waals surface area contributed by atoms with Crippen LogP contribution in [-0.4, -0.2) is 14.5 Å². The molecular formula is C15H17N5. The van der Waals surface area contributed by atoms with Gasteiger partial charge in [-0.05, 0) is 31.5 Å². The van der Waals surface area contributed by atoms with Gasteiger partial charge in [0.1, 0.15) is 17.8 Å². The van der Waals surface area contributed by atoms with E-state index in [2.05, 4.69) is 34.6 Å². The Hall–Kier alpha value is -2.56. The lowest BCUT2D eigenvalue weighted by Gasteiger charge is -2.07. The van der Waals surface area contributed by atoms with Gasteiger partial charge in [0, 0.05) is 23.5 Å². The van der Waals surface area contributed by atoms with Crippen LogP contribution in [0.1, 0.15) is 19.9 Å². The van der Waals surface area contributed by atoms with Crippen LogP contribution in [0.4, 0.5) is 11.5 Å². The number of nitrogens with zero attached hydrogens (tertiary/aromatic N) is 3. The lowest BCUT2D eigenvalue weighted by molar-refractivity contribution is 0.618. The molecule has 0 atom stereocenters. The molecule has 5 heteroatoms. The van der Waals surface area contributed by atoms with E-state index in [1.807, 2.05) is 24.3 Å². The van der Waals surface area contributed by atoms with Gasteiger partial charge in [-0.15, -0.1) is 0 Å². The molecule has 3 rings (SSSR count). The van der Waals surface area contributed by atoms with E-state index in [1.54, 1.807) is 0 Å². The second-order valence-electron chi connectivity index (χ2n) is 5.12. The number of aromatic nitrogens is 3. The van der Waals surface area contributed by atoms with Gasteiger partial charge in [-0.3, -0.25) is 0 Å². The van der Waals surface area contributed by atoms with Gasteiger partial charge in [0.15, 0.2) is 0 Å². The van der Waals surface area contributed by atoms with Crippen LogP contribution in [-0.2, 0) is 0 Å². The van der Waals surface area contributed by atoms with Crippen molar-refractivity contribution >= 4 is 22.5 Å². The van der Waals surface area contributed by atoms with Crippen LogP contribution >= 0.6 is 0 Å². The molecule has 0 aliphatic heterocycles. The van der Waals surface area contributed by atoms with Crippen molar-refractivity contribution in [3.05, 3.63) is 36.8 Å².